The van der Waals surface area contributed by atoms with E-state index in [0.29, 0.717) is 6.61 Å². The van der Waals surface area contributed by atoms with Gasteiger partial charge in [0.25, 0.3) is 0 Å². The predicted octanol–water partition coefficient (Wildman–Crippen LogP) is 3.26. The van der Waals surface area contributed by atoms with Crippen LogP contribution in [-0.2, 0) is 20.2 Å². The van der Waals surface area contributed by atoms with Gasteiger partial charge in [-0.05, 0) is 18.4 Å². The summed E-state index contributed by atoms with van der Waals surface area (Å²) in [6.45, 7) is 2.06. The molecule has 82 valence electrons. The first-order valence-electron chi connectivity index (χ1n) is 5.18. The van der Waals surface area contributed by atoms with Gasteiger partial charge in [0.1, 0.15) is 0 Å². The van der Waals surface area contributed by atoms with Gasteiger partial charge < -0.3 is 13.6 Å². The Morgan fingerprint density at radius 2 is 1.73 bits per heavy atom. The predicted molar refractivity (Wildman–Crippen MR) is 59.3 cm³/mol. The molecule has 1 aliphatic heterocycles. The summed E-state index contributed by atoms with van der Waals surface area (Å²) in [4.78, 5) is 0. The third kappa shape index (κ3) is 3.88. The van der Waals surface area contributed by atoms with Crippen LogP contribution in [0.25, 0.3) is 0 Å². The molecule has 0 bridgehead atoms. The summed E-state index contributed by atoms with van der Waals surface area (Å²) in [5.74, 6) is 0. The summed E-state index contributed by atoms with van der Waals surface area (Å²) in [6, 6.07) is 10.1. The number of rotatable bonds is 3. The monoisotopic (exact) mass is 226 g/mol. The average Bonchev–Trinajstić information content (AvgIpc) is 2.56. The van der Waals surface area contributed by atoms with Crippen molar-refractivity contribution in [3.8, 4) is 0 Å². The van der Waals surface area contributed by atoms with E-state index in [-0.39, 0.29) is 0 Å². The first-order chi connectivity index (χ1) is 7.45. The minimum absolute atomic E-state index is 0.562. The summed E-state index contributed by atoms with van der Waals surface area (Å²) in [7, 11) is -1.12. The van der Waals surface area contributed by atoms with E-state index in [1.54, 1.807) is 0 Å². The first-order valence-corrected chi connectivity index (χ1v) is 6.27. The lowest BCUT2D eigenvalue weighted by Crippen LogP contribution is -1.93. The molecule has 0 saturated carbocycles. The van der Waals surface area contributed by atoms with Gasteiger partial charge in [-0.2, -0.15) is 0 Å². The Labute approximate surface area is 91.4 Å². The van der Waals surface area contributed by atoms with Crippen LogP contribution in [-0.4, -0.2) is 13.2 Å². The van der Waals surface area contributed by atoms with E-state index in [0.717, 1.165) is 31.6 Å². The van der Waals surface area contributed by atoms with Crippen LogP contribution in [0.1, 0.15) is 18.4 Å². The molecule has 1 aliphatic rings. The maximum absolute atomic E-state index is 5.57. The second-order valence-corrected chi connectivity index (χ2v) is 4.58. The molecule has 0 amide bonds. The molecule has 1 heterocycles. The lowest BCUT2D eigenvalue weighted by atomic mass is 10.2. The highest BCUT2D eigenvalue weighted by Crippen LogP contribution is 2.42. The lowest BCUT2D eigenvalue weighted by molar-refractivity contribution is 0.176. The fourth-order valence-corrected chi connectivity index (χ4v) is 2.33. The molecule has 0 radical (unpaired) electrons. The number of benzene rings is 1. The van der Waals surface area contributed by atoms with Gasteiger partial charge in [0.05, 0.1) is 19.8 Å². The van der Waals surface area contributed by atoms with Gasteiger partial charge in [-0.25, -0.2) is 0 Å². The van der Waals surface area contributed by atoms with Gasteiger partial charge in [0, 0.05) is 0 Å². The van der Waals surface area contributed by atoms with Crippen molar-refractivity contribution < 1.29 is 13.6 Å². The van der Waals surface area contributed by atoms with Gasteiger partial charge in [0.15, 0.2) is 0 Å². The molecule has 0 aliphatic carbocycles. The van der Waals surface area contributed by atoms with Crippen molar-refractivity contribution in [3.63, 3.8) is 0 Å². The molecule has 3 nitrogen and oxygen atoms in total. The Bertz CT molecular complexity index is 270. The highest BCUT2D eigenvalue weighted by Gasteiger charge is 2.15. The summed E-state index contributed by atoms with van der Waals surface area (Å²) >= 11 is 0. The summed E-state index contributed by atoms with van der Waals surface area (Å²) in [6.07, 6.45) is 2.13. The lowest BCUT2D eigenvalue weighted by Gasteiger charge is -2.13. The second kappa shape index (κ2) is 6.19. The highest BCUT2D eigenvalue weighted by molar-refractivity contribution is 7.41. The molecule has 1 aromatic rings. The van der Waals surface area contributed by atoms with E-state index in [1.807, 2.05) is 30.3 Å². The van der Waals surface area contributed by atoms with Crippen LogP contribution in [0, 0.1) is 0 Å². The van der Waals surface area contributed by atoms with Crippen LogP contribution in [0.4, 0.5) is 0 Å². The van der Waals surface area contributed by atoms with Gasteiger partial charge in [-0.1, -0.05) is 30.3 Å². The van der Waals surface area contributed by atoms with Gasteiger partial charge in [-0.15, -0.1) is 0 Å². The maximum Gasteiger partial charge on any atom is 0.332 e. The van der Waals surface area contributed by atoms with E-state index in [2.05, 4.69) is 0 Å². The van der Waals surface area contributed by atoms with E-state index in [4.69, 9.17) is 13.6 Å². The van der Waals surface area contributed by atoms with Crippen LogP contribution in [0.15, 0.2) is 30.3 Å². The summed E-state index contributed by atoms with van der Waals surface area (Å²) in [5, 5.41) is 0. The second-order valence-electron chi connectivity index (χ2n) is 3.36. The fraction of sp³-hybridized carbons (Fsp3) is 0.455. The number of hydrogen-bond donors (Lipinski definition) is 0. The van der Waals surface area contributed by atoms with Crippen LogP contribution < -0.4 is 0 Å². The third-order valence-corrected chi connectivity index (χ3v) is 3.24. The summed E-state index contributed by atoms with van der Waals surface area (Å²) in [5.41, 5.74) is 1.15. The molecule has 1 saturated heterocycles. The van der Waals surface area contributed by atoms with Crippen molar-refractivity contribution in [3.05, 3.63) is 35.9 Å². The van der Waals surface area contributed by atoms with Crippen molar-refractivity contribution in [2.45, 2.75) is 19.4 Å². The Kier molecular flexibility index (Phi) is 4.55. The van der Waals surface area contributed by atoms with Gasteiger partial charge >= 0.3 is 8.60 Å². The van der Waals surface area contributed by atoms with Crippen molar-refractivity contribution in [2.75, 3.05) is 13.2 Å². The molecule has 0 N–H and O–H groups in total. The molecular weight excluding hydrogens is 211 g/mol. The van der Waals surface area contributed by atoms with Crippen molar-refractivity contribution in [1.82, 2.24) is 0 Å². The van der Waals surface area contributed by atoms with Crippen LogP contribution in [0.3, 0.4) is 0 Å². The molecule has 1 aromatic carbocycles. The minimum Gasteiger partial charge on any atom is -0.312 e. The Balaban J connectivity index is 1.77. The first kappa shape index (κ1) is 11.0. The zero-order valence-electron chi connectivity index (χ0n) is 8.59. The third-order valence-electron chi connectivity index (χ3n) is 2.11. The topological polar surface area (TPSA) is 27.7 Å². The summed E-state index contributed by atoms with van der Waals surface area (Å²) < 4.78 is 16.5. The zero-order chi connectivity index (χ0) is 10.3. The van der Waals surface area contributed by atoms with Crippen molar-refractivity contribution in [1.29, 1.82) is 0 Å². The standard InChI is InChI=1S/C11H15O3P/c1-2-6-11(7-3-1)10-14-15-12-8-4-5-9-13-15/h1-3,6-7H,4-5,8-10H2. The van der Waals surface area contributed by atoms with E-state index < -0.39 is 8.60 Å². The minimum atomic E-state index is -1.12. The molecule has 15 heavy (non-hydrogen) atoms. The Morgan fingerprint density at radius 3 is 2.40 bits per heavy atom. The largest absolute Gasteiger partial charge is 0.332 e. The average molecular weight is 226 g/mol. The SMILES string of the molecule is c1ccc(COP2OCCCCO2)cc1. The molecule has 4 heteroatoms. The molecule has 1 fully saturated rings. The molecule has 0 aromatic heterocycles. The van der Waals surface area contributed by atoms with E-state index >= 15 is 0 Å². The molecule has 0 spiro atoms. The molecular formula is C11H15O3P. The van der Waals surface area contributed by atoms with Crippen LogP contribution in [0.2, 0.25) is 0 Å². The van der Waals surface area contributed by atoms with Gasteiger partial charge in [0.2, 0.25) is 0 Å². The smallest absolute Gasteiger partial charge is 0.312 e. The molecule has 2 rings (SSSR count). The van der Waals surface area contributed by atoms with Crippen LogP contribution >= 0.6 is 8.60 Å². The van der Waals surface area contributed by atoms with Crippen LogP contribution in [0.5, 0.6) is 0 Å². The Hall–Kier alpha value is -0.470. The normalized spacial score (nSPS) is 18.7. The highest BCUT2D eigenvalue weighted by atomic mass is 31.2. The van der Waals surface area contributed by atoms with Crippen molar-refractivity contribution >= 4 is 8.60 Å². The Morgan fingerprint density at radius 1 is 1.07 bits per heavy atom. The number of hydrogen-bond acceptors (Lipinski definition) is 3. The molecule has 0 atom stereocenters. The zero-order valence-corrected chi connectivity index (χ0v) is 9.49. The molecule has 0 unspecified atom stereocenters. The van der Waals surface area contributed by atoms with E-state index in [1.165, 1.54) is 0 Å². The van der Waals surface area contributed by atoms with Gasteiger partial charge in [-0.3, -0.25) is 0 Å². The maximum atomic E-state index is 5.57. The van der Waals surface area contributed by atoms with E-state index in [9.17, 15) is 0 Å². The van der Waals surface area contributed by atoms with Crippen molar-refractivity contribution in [2.24, 2.45) is 0 Å². The quantitative estimate of drug-likeness (QED) is 0.740. The fourth-order valence-electron chi connectivity index (χ4n) is 1.30.